The van der Waals surface area contributed by atoms with Gasteiger partial charge in [-0.15, -0.1) is 0 Å². The Morgan fingerprint density at radius 2 is 2.14 bits per heavy atom. The average molecular weight is 195 g/mol. The van der Waals surface area contributed by atoms with Crippen molar-refractivity contribution in [1.29, 1.82) is 0 Å². The summed E-state index contributed by atoms with van der Waals surface area (Å²) in [5.74, 6) is 1.39. The van der Waals surface area contributed by atoms with Gasteiger partial charge in [0.15, 0.2) is 0 Å². The molecule has 0 fully saturated rings. The summed E-state index contributed by atoms with van der Waals surface area (Å²) in [4.78, 5) is 7.75. The van der Waals surface area contributed by atoms with Crippen LogP contribution in [0, 0.1) is 0 Å². The molecule has 1 aromatic rings. The molecule has 1 atom stereocenters. The van der Waals surface area contributed by atoms with Crippen LogP contribution >= 0.6 is 0 Å². The smallest absolute Gasteiger partial charge is 0.110 e. The van der Waals surface area contributed by atoms with Crippen LogP contribution in [0.1, 0.15) is 51.6 Å². The first-order valence-electron chi connectivity index (χ1n) is 5.24. The summed E-state index contributed by atoms with van der Waals surface area (Å²) < 4.78 is 0. The van der Waals surface area contributed by atoms with Gasteiger partial charge in [-0.2, -0.15) is 0 Å². The summed E-state index contributed by atoms with van der Waals surface area (Å²) in [7, 11) is 0. The third-order valence-corrected chi connectivity index (χ3v) is 2.57. The van der Waals surface area contributed by atoms with Gasteiger partial charge in [-0.1, -0.05) is 27.7 Å². The van der Waals surface area contributed by atoms with Crippen LogP contribution in [-0.2, 0) is 5.41 Å². The molecule has 0 aliphatic carbocycles. The second-order valence-electron chi connectivity index (χ2n) is 4.77. The van der Waals surface area contributed by atoms with Crippen molar-refractivity contribution in [3.05, 3.63) is 17.7 Å². The van der Waals surface area contributed by atoms with Crippen LogP contribution in [0.4, 0.5) is 0 Å². The van der Waals surface area contributed by atoms with Crippen molar-refractivity contribution in [1.82, 2.24) is 9.97 Å². The fraction of sp³-hybridized carbons (Fsp3) is 0.727. The Balaban J connectivity index is 2.87. The molecule has 0 aromatic carbocycles. The molecule has 0 saturated carbocycles. The number of imidazole rings is 1. The third kappa shape index (κ3) is 2.35. The molecule has 1 unspecified atom stereocenters. The van der Waals surface area contributed by atoms with Crippen LogP contribution in [-0.4, -0.2) is 16.5 Å². The molecule has 3 N–H and O–H groups in total. The molecular weight excluding hydrogens is 174 g/mol. The fourth-order valence-corrected chi connectivity index (χ4v) is 1.40. The Bertz CT molecular complexity index is 279. The van der Waals surface area contributed by atoms with E-state index in [-0.39, 0.29) is 5.41 Å². The SMILES string of the molecule is CCC(CN)c1ncc(C(C)(C)C)[nH]1. The van der Waals surface area contributed by atoms with E-state index in [9.17, 15) is 0 Å². The molecule has 0 saturated heterocycles. The lowest BCUT2D eigenvalue weighted by molar-refractivity contribution is 0.564. The van der Waals surface area contributed by atoms with E-state index < -0.39 is 0 Å². The lowest BCUT2D eigenvalue weighted by Crippen LogP contribution is -2.15. The standard InChI is InChI=1S/C11H21N3/c1-5-8(6-12)10-13-7-9(14-10)11(2,3)4/h7-8H,5-6,12H2,1-4H3,(H,13,14). The summed E-state index contributed by atoms with van der Waals surface area (Å²) >= 11 is 0. The molecule has 1 aromatic heterocycles. The number of hydrogen-bond acceptors (Lipinski definition) is 2. The van der Waals surface area contributed by atoms with Crippen molar-refractivity contribution in [2.45, 2.75) is 45.4 Å². The summed E-state index contributed by atoms with van der Waals surface area (Å²) in [6.07, 6.45) is 2.96. The number of rotatable bonds is 3. The van der Waals surface area contributed by atoms with E-state index in [1.807, 2.05) is 6.20 Å². The van der Waals surface area contributed by atoms with Crippen molar-refractivity contribution < 1.29 is 0 Å². The lowest BCUT2D eigenvalue weighted by Gasteiger charge is -2.16. The van der Waals surface area contributed by atoms with Crippen molar-refractivity contribution in [2.24, 2.45) is 5.73 Å². The fourth-order valence-electron chi connectivity index (χ4n) is 1.40. The van der Waals surface area contributed by atoms with Gasteiger partial charge >= 0.3 is 0 Å². The highest BCUT2D eigenvalue weighted by Gasteiger charge is 2.18. The number of hydrogen-bond donors (Lipinski definition) is 2. The minimum atomic E-state index is 0.137. The maximum absolute atomic E-state index is 5.67. The second-order valence-corrected chi connectivity index (χ2v) is 4.77. The van der Waals surface area contributed by atoms with Gasteiger partial charge in [-0.05, 0) is 6.42 Å². The van der Waals surface area contributed by atoms with Gasteiger partial charge in [0.25, 0.3) is 0 Å². The van der Waals surface area contributed by atoms with E-state index in [0.29, 0.717) is 12.5 Å². The van der Waals surface area contributed by atoms with Gasteiger partial charge < -0.3 is 10.7 Å². The zero-order valence-electron chi connectivity index (χ0n) is 9.59. The first-order chi connectivity index (χ1) is 6.49. The highest BCUT2D eigenvalue weighted by molar-refractivity contribution is 5.13. The molecule has 3 heteroatoms. The van der Waals surface area contributed by atoms with Crippen molar-refractivity contribution in [2.75, 3.05) is 6.54 Å². The molecule has 0 aliphatic heterocycles. The van der Waals surface area contributed by atoms with Crippen LogP contribution in [0.2, 0.25) is 0 Å². The molecule has 0 bridgehead atoms. The van der Waals surface area contributed by atoms with Gasteiger partial charge in [0.05, 0.1) is 0 Å². The summed E-state index contributed by atoms with van der Waals surface area (Å²) in [5, 5.41) is 0. The van der Waals surface area contributed by atoms with Crippen molar-refractivity contribution >= 4 is 0 Å². The van der Waals surface area contributed by atoms with Crippen LogP contribution < -0.4 is 5.73 Å². The Kier molecular flexibility index (Phi) is 3.32. The largest absolute Gasteiger partial charge is 0.345 e. The molecule has 1 heterocycles. The Morgan fingerprint density at radius 3 is 2.50 bits per heavy atom. The molecule has 0 spiro atoms. The van der Waals surface area contributed by atoms with E-state index in [2.05, 4.69) is 37.7 Å². The van der Waals surface area contributed by atoms with Gasteiger partial charge in [0, 0.05) is 29.8 Å². The minimum absolute atomic E-state index is 0.137. The van der Waals surface area contributed by atoms with Gasteiger partial charge in [0.2, 0.25) is 0 Å². The number of aromatic amines is 1. The normalized spacial score (nSPS) is 14.4. The average Bonchev–Trinajstić information content (AvgIpc) is 2.54. The number of nitrogens with zero attached hydrogens (tertiary/aromatic N) is 1. The summed E-state index contributed by atoms with van der Waals surface area (Å²) in [6, 6.07) is 0. The molecule has 80 valence electrons. The monoisotopic (exact) mass is 195 g/mol. The van der Waals surface area contributed by atoms with Crippen LogP contribution in [0.15, 0.2) is 6.20 Å². The Labute approximate surface area is 86.1 Å². The van der Waals surface area contributed by atoms with E-state index in [0.717, 1.165) is 12.2 Å². The number of aromatic nitrogens is 2. The number of nitrogens with one attached hydrogen (secondary N) is 1. The Morgan fingerprint density at radius 1 is 1.50 bits per heavy atom. The highest BCUT2D eigenvalue weighted by atomic mass is 14.9. The number of nitrogens with two attached hydrogens (primary N) is 1. The van der Waals surface area contributed by atoms with E-state index >= 15 is 0 Å². The molecular formula is C11H21N3. The topological polar surface area (TPSA) is 54.7 Å². The second kappa shape index (κ2) is 4.13. The first kappa shape index (κ1) is 11.2. The van der Waals surface area contributed by atoms with Gasteiger partial charge in [0.1, 0.15) is 5.82 Å². The van der Waals surface area contributed by atoms with Crippen LogP contribution in [0.25, 0.3) is 0 Å². The predicted molar refractivity (Wildman–Crippen MR) is 59.4 cm³/mol. The zero-order chi connectivity index (χ0) is 10.8. The van der Waals surface area contributed by atoms with Crippen LogP contribution in [0.3, 0.4) is 0 Å². The zero-order valence-corrected chi connectivity index (χ0v) is 9.59. The lowest BCUT2D eigenvalue weighted by atomic mass is 9.93. The molecule has 0 amide bonds. The molecule has 3 nitrogen and oxygen atoms in total. The Hall–Kier alpha value is -0.830. The van der Waals surface area contributed by atoms with E-state index in [1.54, 1.807) is 0 Å². The molecule has 1 rings (SSSR count). The van der Waals surface area contributed by atoms with Gasteiger partial charge in [-0.25, -0.2) is 4.98 Å². The summed E-state index contributed by atoms with van der Waals surface area (Å²) in [6.45, 7) is 9.32. The minimum Gasteiger partial charge on any atom is -0.345 e. The van der Waals surface area contributed by atoms with E-state index in [1.165, 1.54) is 5.69 Å². The predicted octanol–water partition coefficient (Wildman–Crippen LogP) is 2.16. The highest BCUT2D eigenvalue weighted by Crippen LogP contribution is 2.22. The quantitative estimate of drug-likeness (QED) is 0.776. The maximum Gasteiger partial charge on any atom is 0.110 e. The summed E-state index contributed by atoms with van der Waals surface area (Å²) in [5.41, 5.74) is 6.99. The molecule has 14 heavy (non-hydrogen) atoms. The van der Waals surface area contributed by atoms with E-state index in [4.69, 9.17) is 5.73 Å². The molecule has 0 radical (unpaired) electrons. The third-order valence-electron chi connectivity index (χ3n) is 2.57. The van der Waals surface area contributed by atoms with Gasteiger partial charge in [-0.3, -0.25) is 0 Å². The first-order valence-corrected chi connectivity index (χ1v) is 5.24. The number of H-pyrrole nitrogens is 1. The van der Waals surface area contributed by atoms with Crippen LogP contribution in [0.5, 0.6) is 0 Å². The molecule has 0 aliphatic rings. The van der Waals surface area contributed by atoms with Crippen molar-refractivity contribution in [3.63, 3.8) is 0 Å². The maximum atomic E-state index is 5.67. The van der Waals surface area contributed by atoms with Crippen molar-refractivity contribution in [3.8, 4) is 0 Å².